The molecule has 2 aliphatic rings. The molecule has 0 radical (unpaired) electrons. The molecule has 0 amide bonds. The van der Waals surface area contributed by atoms with Crippen LogP contribution in [0.5, 0.6) is 11.5 Å². The van der Waals surface area contributed by atoms with Crippen LogP contribution in [0.15, 0.2) is 29.1 Å². The number of fused-ring (bicyclic) bond motifs is 2. The average Bonchev–Trinajstić information content (AvgIpc) is 2.71. The van der Waals surface area contributed by atoms with Crippen molar-refractivity contribution in [1.29, 1.82) is 0 Å². The topological polar surface area (TPSA) is 51.7 Å². The quantitative estimate of drug-likeness (QED) is 0.463. The lowest BCUT2D eigenvalue weighted by atomic mass is 10.2. The molecule has 0 aromatic heterocycles. The Morgan fingerprint density at radius 1 is 0.964 bits per heavy atom. The van der Waals surface area contributed by atoms with Gasteiger partial charge in [0.15, 0.2) is 5.75 Å². The summed E-state index contributed by atoms with van der Waals surface area (Å²) in [7, 11) is 3.21. The van der Waals surface area contributed by atoms with E-state index in [0.717, 1.165) is 71.0 Å². The molecule has 1 aromatic carbocycles. The summed E-state index contributed by atoms with van der Waals surface area (Å²) in [6.45, 7) is 6.43. The minimum atomic E-state index is -0.117. The summed E-state index contributed by atoms with van der Waals surface area (Å²) in [5.74, 6) is 1.16. The molecule has 1 aliphatic heterocycles. The number of nitrogens with zero attached hydrogens (tertiary/aromatic N) is 2. The average molecular weight is 401 g/mol. The standard InChI is InChI=1S/C22H28N2O3S/c1-5-7-9-24(10-8-6-2)17-13-21-15(11-19(17)26-3)23-16-12-20(27-4)18(25)14-22(16)28-21/h11-14H,5-10H2,1-4H3. The normalized spacial score (nSPS) is 11.1. The van der Waals surface area contributed by atoms with Gasteiger partial charge in [-0.2, -0.15) is 0 Å². The van der Waals surface area contributed by atoms with Gasteiger partial charge in [0, 0.05) is 31.3 Å². The van der Waals surface area contributed by atoms with Crippen LogP contribution in [0.1, 0.15) is 39.5 Å². The van der Waals surface area contributed by atoms with E-state index in [1.165, 1.54) is 7.11 Å². The van der Waals surface area contributed by atoms with E-state index in [-0.39, 0.29) is 5.43 Å². The summed E-state index contributed by atoms with van der Waals surface area (Å²) in [5, 5.41) is 0. The molecule has 6 heteroatoms. The summed E-state index contributed by atoms with van der Waals surface area (Å²) in [6, 6.07) is 7.48. The van der Waals surface area contributed by atoms with Gasteiger partial charge in [-0.15, -0.1) is 11.3 Å². The smallest absolute Gasteiger partial charge is 0.221 e. The van der Waals surface area contributed by atoms with Crippen LogP contribution in [0.25, 0.3) is 20.8 Å². The van der Waals surface area contributed by atoms with Gasteiger partial charge in [0.25, 0.3) is 0 Å². The molecule has 0 saturated carbocycles. The molecule has 150 valence electrons. The first-order chi connectivity index (χ1) is 13.6. The number of methoxy groups -OCH3 is 2. The van der Waals surface area contributed by atoms with E-state index in [4.69, 9.17) is 14.5 Å². The molecular formula is C22H28N2O3S. The van der Waals surface area contributed by atoms with Crippen LogP contribution in [0.4, 0.5) is 5.69 Å². The van der Waals surface area contributed by atoms with Crippen LogP contribution >= 0.6 is 11.3 Å². The van der Waals surface area contributed by atoms with Crippen molar-refractivity contribution in [3.63, 3.8) is 0 Å². The van der Waals surface area contributed by atoms with Gasteiger partial charge in [-0.25, -0.2) is 4.98 Å². The van der Waals surface area contributed by atoms with Gasteiger partial charge in [-0.05, 0) is 18.9 Å². The van der Waals surface area contributed by atoms with Crippen LogP contribution < -0.4 is 19.8 Å². The summed E-state index contributed by atoms with van der Waals surface area (Å²) < 4.78 is 11.9. The van der Waals surface area contributed by atoms with Crippen molar-refractivity contribution < 1.29 is 9.47 Å². The number of anilines is 1. The van der Waals surface area contributed by atoms with E-state index in [0.29, 0.717) is 5.75 Å². The molecule has 0 spiro atoms. The summed E-state index contributed by atoms with van der Waals surface area (Å²) in [4.78, 5) is 20.2. The van der Waals surface area contributed by atoms with Crippen molar-refractivity contribution >= 4 is 27.2 Å². The second kappa shape index (κ2) is 9.24. The van der Waals surface area contributed by atoms with Crippen LogP contribution in [0.2, 0.25) is 0 Å². The Hall–Kier alpha value is -2.34. The molecule has 0 atom stereocenters. The lowest BCUT2D eigenvalue weighted by Gasteiger charge is -2.27. The van der Waals surface area contributed by atoms with Gasteiger partial charge >= 0.3 is 0 Å². The van der Waals surface area contributed by atoms with Crippen molar-refractivity contribution in [2.24, 2.45) is 0 Å². The van der Waals surface area contributed by atoms with Crippen molar-refractivity contribution in [3.8, 4) is 22.1 Å². The monoisotopic (exact) mass is 400 g/mol. The minimum Gasteiger partial charge on any atom is -0.495 e. The second-order valence-electron chi connectivity index (χ2n) is 6.87. The van der Waals surface area contributed by atoms with Crippen molar-refractivity contribution in [2.45, 2.75) is 39.5 Å². The first-order valence-corrected chi connectivity index (χ1v) is 10.7. The number of hydrogen-bond donors (Lipinski definition) is 0. The highest BCUT2D eigenvalue weighted by Crippen LogP contribution is 2.38. The van der Waals surface area contributed by atoms with Crippen LogP contribution in [0.3, 0.4) is 0 Å². The zero-order chi connectivity index (χ0) is 20.1. The molecule has 1 aromatic rings. The largest absolute Gasteiger partial charge is 0.495 e. The summed E-state index contributed by atoms with van der Waals surface area (Å²) >= 11 is 1.58. The van der Waals surface area contributed by atoms with Gasteiger partial charge < -0.3 is 14.4 Å². The van der Waals surface area contributed by atoms with Gasteiger partial charge in [-0.1, -0.05) is 26.7 Å². The molecule has 0 saturated heterocycles. The third-order valence-electron chi connectivity index (χ3n) is 4.87. The molecule has 28 heavy (non-hydrogen) atoms. The van der Waals surface area contributed by atoms with Gasteiger partial charge in [0.2, 0.25) is 5.43 Å². The fourth-order valence-corrected chi connectivity index (χ4v) is 4.27. The fraction of sp³-hybridized carbons (Fsp3) is 0.455. The van der Waals surface area contributed by atoms with E-state index >= 15 is 0 Å². The number of ether oxygens (including phenoxy) is 2. The third kappa shape index (κ3) is 4.22. The predicted molar refractivity (Wildman–Crippen MR) is 118 cm³/mol. The van der Waals surface area contributed by atoms with Gasteiger partial charge in [-0.3, -0.25) is 4.79 Å². The summed E-state index contributed by atoms with van der Waals surface area (Å²) in [5.41, 5.74) is 2.61. The second-order valence-corrected chi connectivity index (χ2v) is 7.95. The molecule has 1 heterocycles. The maximum Gasteiger partial charge on any atom is 0.221 e. The Bertz CT molecular complexity index is 962. The van der Waals surface area contributed by atoms with Crippen molar-refractivity contribution in [2.75, 3.05) is 32.2 Å². The first-order valence-electron chi connectivity index (χ1n) is 9.86. The molecule has 0 bridgehead atoms. The van der Waals surface area contributed by atoms with E-state index in [1.807, 2.05) is 6.07 Å². The first kappa shape index (κ1) is 20.4. The number of benzene rings is 2. The SMILES string of the molecule is CCCCN(CCCC)c1cc2sc3cc(=O)c(OC)cc-3nc2cc1OC. The maximum absolute atomic E-state index is 12.1. The number of unbranched alkanes of at least 4 members (excludes halogenated alkanes) is 2. The lowest BCUT2D eigenvalue weighted by molar-refractivity contribution is 0.411. The Kier molecular flexibility index (Phi) is 6.73. The van der Waals surface area contributed by atoms with E-state index in [9.17, 15) is 4.79 Å². The molecule has 0 fully saturated rings. The third-order valence-corrected chi connectivity index (χ3v) is 5.96. The van der Waals surface area contributed by atoms with E-state index < -0.39 is 0 Å². The Balaban J connectivity index is 2.13. The highest BCUT2D eigenvalue weighted by Gasteiger charge is 2.17. The molecule has 0 N–H and O–H groups in total. The zero-order valence-electron chi connectivity index (χ0n) is 17.1. The number of rotatable bonds is 9. The molecule has 3 rings (SSSR count). The molecule has 5 nitrogen and oxygen atoms in total. The Morgan fingerprint density at radius 3 is 2.25 bits per heavy atom. The van der Waals surface area contributed by atoms with Crippen molar-refractivity contribution in [1.82, 2.24) is 4.98 Å². The highest BCUT2D eigenvalue weighted by atomic mass is 32.1. The fourth-order valence-electron chi connectivity index (χ4n) is 3.28. The zero-order valence-corrected chi connectivity index (χ0v) is 17.9. The molecule has 0 unspecified atom stereocenters. The number of aromatic nitrogens is 1. The van der Waals surface area contributed by atoms with Gasteiger partial charge in [0.1, 0.15) is 5.75 Å². The summed E-state index contributed by atoms with van der Waals surface area (Å²) in [6.07, 6.45) is 4.59. The lowest BCUT2D eigenvalue weighted by Crippen LogP contribution is -2.26. The van der Waals surface area contributed by atoms with Gasteiger partial charge in [0.05, 0.1) is 40.7 Å². The maximum atomic E-state index is 12.1. The van der Waals surface area contributed by atoms with Crippen LogP contribution in [-0.2, 0) is 0 Å². The minimum absolute atomic E-state index is 0.117. The van der Waals surface area contributed by atoms with E-state index in [2.05, 4.69) is 24.8 Å². The van der Waals surface area contributed by atoms with Crippen LogP contribution in [-0.4, -0.2) is 32.3 Å². The van der Waals surface area contributed by atoms with E-state index in [1.54, 1.807) is 30.6 Å². The Labute approximate surface area is 170 Å². The predicted octanol–water partition coefficient (Wildman–Crippen LogP) is 5.19. The highest BCUT2D eigenvalue weighted by molar-refractivity contribution is 7.21. The molecular weight excluding hydrogens is 372 g/mol. The van der Waals surface area contributed by atoms with Crippen molar-refractivity contribution in [3.05, 3.63) is 34.5 Å². The number of hydrogen-bond acceptors (Lipinski definition) is 6. The van der Waals surface area contributed by atoms with Crippen LogP contribution in [0, 0.1) is 0 Å². The molecule has 1 aliphatic carbocycles. The Morgan fingerprint density at radius 2 is 1.64 bits per heavy atom.